The molecule has 1 fully saturated rings. The molecule has 1 aliphatic heterocycles. The lowest BCUT2D eigenvalue weighted by Gasteiger charge is -2.37. The zero-order valence-corrected chi connectivity index (χ0v) is 15.0. The van der Waals surface area contributed by atoms with Gasteiger partial charge in [-0.15, -0.1) is 11.3 Å². The average molecular weight is 383 g/mol. The highest BCUT2D eigenvalue weighted by Gasteiger charge is 2.33. The van der Waals surface area contributed by atoms with Crippen LogP contribution >= 0.6 is 27.3 Å². The van der Waals surface area contributed by atoms with E-state index < -0.39 is 0 Å². The zero-order chi connectivity index (χ0) is 15.7. The van der Waals surface area contributed by atoms with E-state index >= 15 is 0 Å². The van der Waals surface area contributed by atoms with Crippen molar-refractivity contribution in [3.05, 3.63) is 39.0 Å². The molecule has 0 saturated carbocycles. The fourth-order valence-corrected chi connectivity index (χ4v) is 4.30. The molecule has 1 saturated heterocycles. The Bertz CT molecular complexity index is 668. The number of rotatable bonds is 3. The minimum absolute atomic E-state index is 0.00731. The summed E-state index contributed by atoms with van der Waals surface area (Å²) in [6, 6.07) is 4.01. The summed E-state index contributed by atoms with van der Waals surface area (Å²) >= 11 is 5.09. The minimum atomic E-state index is -0.128. The highest BCUT2D eigenvalue weighted by atomic mass is 79.9. The van der Waals surface area contributed by atoms with Gasteiger partial charge < -0.3 is 14.8 Å². The Kier molecular flexibility index (Phi) is 4.65. The number of hydrogen-bond donors (Lipinski definition) is 1. The number of hydrogen-bond acceptors (Lipinski definition) is 4. The van der Waals surface area contributed by atoms with Gasteiger partial charge in [-0.1, -0.05) is 0 Å². The third-order valence-electron chi connectivity index (χ3n) is 4.07. The first-order valence-electron chi connectivity index (χ1n) is 7.31. The molecule has 1 amide bonds. The number of carbonyl (C=O) groups excluding carboxylic acids is 1. The number of thiophene rings is 1. The van der Waals surface area contributed by atoms with Gasteiger partial charge in [0.1, 0.15) is 11.9 Å². The van der Waals surface area contributed by atoms with Gasteiger partial charge in [0.25, 0.3) is 0 Å². The first-order valence-corrected chi connectivity index (χ1v) is 8.92. The van der Waals surface area contributed by atoms with Crippen molar-refractivity contribution in [2.24, 2.45) is 7.05 Å². The number of nitrogens with zero attached hydrogens (tertiary/aromatic N) is 3. The van der Waals surface area contributed by atoms with Gasteiger partial charge >= 0.3 is 0 Å². The Morgan fingerprint density at radius 2 is 2.36 bits per heavy atom. The van der Waals surface area contributed by atoms with Gasteiger partial charge in [0.15, 0.2) is 0 Å². The number of aryl methyl sites for hydroxylation is 1. The second kappa shape index (κ2) is 6.52. The molecule has 0 aliphatic carbocycles. The Labute approximate surface area is 142 Å². The van der Waals surface area contributed by atoms with E-state index in [1.165, 1.54) is 0 Å². The summed E-state index contributed by atoms with van der Waals surface area (Å²) in [6.45, 7) is 4.27. The molecule has 0 aromatic carbocycles. The topological polar surface area (TPSA) is 50.2 Å². The Balaban J connectivity index is 1.84. The molecule has 0 spiro atoms. The molecular weight excluding hydrogens is 364 g/mol. The van der Waals surface area contributed by atoms with Gasteiger partial charge in [0, 0.05) is 44.0 Å². The van der Waals surface area contributed by atoms with Crippen LogP contribution in [0.1, 0.15) is 29.6 Å². The zero-order valence-electron chi connectivity index (χ0n) is 12.6. The van der Waals surface area contributed by atoms with E-state index in [1.54, 1.807) is 17.5 Å². The molecule has 2 unspecified atom stereocenters. The van der Waals surface area contributed by atoms with Gasteiger partial charge in [-0.05, 0) is 35.0 Å². The van der Waals surface area contributed by atoms with Crippen molar-refractivity contribution in [1.82, 2.24) is 19.8 Å². The fourth-order valence-electron chi connectivity index (χ4n) is 2.83. The lowest BCUT2D eigenvalue weighted by Crippen LogP contribution is -2.50. The number of carbonyl (C=O) groups is 1. The van der Waals surface area contributed by atoms with E-state index in [1.807, 2.05) is 41.8 Å². The quantitative estimate of drug-likeness (QED) is 0.886. The van der Waals surface area contributed by atoms with Crippen LogP contribution in [-0.4, -0.2) is 40.0 Å². The number of halogens is 1. The van der Waals surface area contributed by atoms with Gasteiger partial charge in [-0.3, -0.25) is 4.79 Å². The third kappa shape index (κ3) is 2.98. The number of imidazole rings is 1. The largest absolute Gasteiger partial charge is 0.336 e. The van der Waals surface area contributed by atoms with Crippen molar-refractivity contribution in [2.45, 2.75) is 18.9 Å². The van der Waals surface area contributed by atoms with Crippen LogP contribution in [0.15, 0.2) is 28.3 Å². The summed E-state index contributed by atoms with van der Waals surface area (Å²) in [5.74, 6) is 0.973. The molecule has 7 heteroatoms. The summed E-state index contributed by atoms with van der Waals surface area (Å²) in [5, 5.41) is 3.37. The molecule has 1 aliphatic rings. The first-order chi connectivity index (χ1) is 10.6. The van der Waals surface area contributed by atoms with Crippen molar-refractivity contribution in [2.75, 3.05) is 19.6 Å². The molecular formula is C15H19BrN4OS. The second-order valence-corrected chi connectivity index (χ2v) is 8.01. The van der Waals surface area contributed by atoms with Crippen molar-refractivity contribution in [3.8, 4) is 0 Å². The van der Waals surface area contributed by atoms with E-state index in [0.717, 1.165) is 27.6 Å². The summed E-state index contributed by atoms with van der Waals surface area (Å²) in [4.78, 5) is 20.5. The highest BCUT2D eigenvalue weighted by molar-refractivity contribution is 9.11. The molecule has 2 aromatic rings. The molecule has 2 aromatic heterocycles. The van der Waals surface area contributed by atoms with Crippen molar-refractivity contribution in [3.63, 3.8) is 0 Å². The summed E-state index contributed by atoms with van der Waals surface area (Å²) in [7, 11) is 1.97. The van der Waals surface area contributed by atoms with Crippen molar-refractivity contribution < 1.29 is 4.79 Å². The van der Waals surface area contributed by atoms with E-state index in [4.69, 9.17) is 0 Å². The lowest BCUT2D eigenvalue weighted by atomic mass is 10.1. The maximum absolute atomic E-state index is 13.0. The number of aromatic nitrogens is 2. The van der Waals surface area contributed by atoms with Crippen LogP contribution in [-0.2, 0) is 11.8 Å². The van der Waals surface area contributed by atoms with Crippen LogP contribution in [0.5, 0.6) is 0 Å². The van der Waals surface area contributed by atoms with E-state index in [-0.39, 0.29) is 17.9 Å². The Hall–Kier alpha value is -1.18. The molecule has 5 nitrogen and oxygen atoms in total. The molecule has 0 radical (unpaired) electrons. The molecule has 2 atom stereocenters. The standard InChI is InChI=1S/C15H19BrN4OS/c1-10(12-3-4-13(16)22-12)15(21)20-8-5-17-9-11(20)14-18-6-7-19(14)2/h3-4,6-7,10-11,17H,5,8-9H2,1-2H3. The minimum Gasteiger partial charge on any atom is -0.336 e. The van der Waals surface area contributed by atoms with E-state index in [2.05, 4.69) is 26.2 Å². The Morgan fingerprint density at radius 3 is 3.00 bits per heavy atom. The summed E-state index contributed by atoms with van der Waals surface area (Å²) in [5.41, 5.74) is 0. The maximum atomic E-state index is 13.0. The van der Waals surface area contributed by atoms with Gasteiger partial charge in [0.2, 0.25) is 5.91 Å². The van der Waals surface area contributed by atoms with Gasteiger partial charge in [-0.2, -0.15) is 0 Å². The molecule has 3 heterocycles. The fraction of sp³-hybridized carbons (Fsp3) is 0.467. The molecule has 118 valence electrons. The monoisotopic (exact) mass is 382 g/mol. The molecule has 22 heavy (non-hydrogen) atoms. The van der Waals surface area contributed by atoms with Crippen LogP contribution in [0.2, 0.25) is 0 Å². The number of nitrogens with one attached hydrogen (secondary N) is 1. The van der Waals surface area contributed by atoms with E-state index in [9.17, 15) is 4.79 Å². The molecule has 0 bridgehead atoms. The van der Waals surface area contributed by atoms with Crippen LogP contribution < -0.4 is 5.32 Å². The van der Waals surface area contributed by atoms with Crippen molar-refractivity contribution >= 4 is 33.2 Å². The molecule has 3 rings (SSSR count). The summed E-state index contributed by atoms with van der Waals surface area (Å²) < 4.78 is 3.05. The molecule has 1 N–H and O–H groups in total. The number of amides is 1. The van der Waals surface area contributed by atoms with E-state index in [0.29, 0.717) is 6.54 Å². The Morgan fingerprint density at radius 1 is 1.55 bits per heavy atom. The maximum Gasteiger partial charge on any atom is 0.231 e. The lowest BCUT2D eigenvalue weighted by molar-refractivity contribution is -0.136. The van der Waals surface area contributed by atoms with Crippen molar-refractivity contribution in [1.29, 1.82) is 0 Å². The summed E-state index contributed by atoms with van der Waals surface area (Å²) in [6.07, 6.45) is 3.71. The average Bonchev–Trinajstić information content (AvgIpc) is 3.14. The normalized spacial score (nSPS) is 20.1. The predicted molar refractivity (Wildman–Crippen MR) is 91.0 cm³/mol. The van der Waals surface area contributed by atoms with Crippen LogP contribution in [0, 0.1) is 0 Å². The van der Waals surface area contributed by atoms with Gasteiger partial charge in [-0.25, -0.2) is 4.98 Å². The van der Waals surface area contributed by atoms with Crippen LogP contribution in [0.3, 0.4) is 0 Å². The predicted octanol–water partition coefficient (Wildman–Crippen LogP) is 2.52. The highest BCUT2D eigenvalue weighted by Crippen LogP contribution is 2.31. The van der Waals surface area contributed by atoms with Crippen LogP contribution in [0.4, 0.5) is 0 Å². The SMILES string of the molecule is CC(C(=O)N1CCNCC1c1nccn1C)c1ccc(Br)s1. The smallest absolute Gasteiger partial charge is 0.231 e. The second-order valence-electron chi connectivity index (χ2n) is 5.51. The van der Waals surface area contributed by atoms with Gasteiger partial charge in [0.05, 0.1) is 9.70 Å². The van der Waals surface area contributed by atoms with Crippen LogP contribution in [0.25, 0.3) is 0 Å². The number of piperazine rings is 1. The first kappa shape index (κ1) is 15.7. The third-order valence-corrected chi connectivity index (χ3v) is 5.88.